The first kappa shape index (κ1) is 15.7. The van der Waals surface area contributed by atoms with E-state index in [1.807, 2.05) is 24.4 Å². The van der Waals surface area contributed by atoms with Gasteiger partial charge in [-0.1, -0.05) is 51.1 Å². The van der Waals surface area contributed by atoms with Crippen LogP contribution >= 0.6 is 0 Å². The Kier molecular flexibility index (Phi) is 5.15. The summed E-state index contributed by atoms with van der Waals surface area (Å²) in [6.45, 7) is 7.50. The smallest absolute Gasteiger partial charge is 0.0695 e. The van der Waals surface area contributed by atoms with Crippen molar-refractivity contribution in [2.45, 2.75) is 39.8 Å². The Morgan fingerprint density at radius 2 is 1.95 bits per heavy atom. The Bertz CT molecular complexity index is 543. The topological polar surface area (TPSA) is 60.9 Å². The molecule has 0 radical (unpaired) electrons. The van der Waals surface area contributed by atoms with E-state index in [9.17, 15) is 5.11 Å². The van der Waals surface area contributed by atoms with Gasteiger partial charge >= 0.3 is 0 Å². The number of H-pyrrole nitrogens is 1. The number of aromatic nitrogens is 2. The molecular weight excluding hydrogens is 262 g/mol. The van der Waals surface area contributed by atoms with Gasteiger partial charge in [0, 0.05) is 24.8 Å². The molecule has 0 fully saturated rings. The Balaban J connectivity index is 2.09. The SMILES string of the molecule is CC(C)(C)C(CCO)NCc1cn[nH]c1-c1ccccc1. The highest BCUT2D eigenvalue weighted by Crippen LogP contribution is 2.24. The monoisotopic (exact) mass is 287 g/mol. The number of nitrogens with zero attached hydrogens (tertiary/aromatic N) is 1. The molecule has 2 rings (SSSR count). The van der Waals surface area contributed by atoms with E-state index in [-0.39, 0.29) is 18.1 Å². The second kappa shape index (κ2) is 6.87. The second-order valence-electron chi connectivity index (χ2n) is 6.45. The summed E-state index contributed by atoms with van der Waals surface area (Å²) >= 11 is 0. The molecule has 1 aromatic heterocycles. The predicted octanol–water partition coefficient (Wildman–Crippen LogP) is 2.96. The number of benzene rings is 1. The Labute approximate surface area is 126 Å². The first-order valence-corrected chi connectivity index (χ1v) is 7.44. The molecule has 1 aromatic carbocycles. The molecule has 0 bridgehead atoms. The third kappa shape index (κ3) is 4.16. The zero-order valence-corrected chi connectivity index (χ0v) is 13.1. The summed E-state index contributed by atoms with van der Waals surface area (Å²) in [6.07, 6.45) is 2.62. The van der Waals surface area contributed by atoms with Crippen molar-refractivity contribution in [3.05, 3.63) is 42.1 Å². The molecule has 3 N–H and O–H groups in total. The summed E-state index contributed by atoms with van der Waals surface area (Å²) in [5, 5.41) is 20.0. The van der Waals surface area contributed by atoms with Crippen molar-refractivity contribution >= 4 is 0 Å². The number of aliphatic hydroxyl groups excluding tert-OH is 1. The standard InChI is InChI=1S/C17H25N3O/c1-17(2,3)15(9-10-21)18-11-14-12-19-20-16(14)13-7-5-4-6-8-13/h4-8,12,15,18,21H,9-11H2,1-3H3,(H,19,20). The average Bonchev–Trinajstić information content (AvgIpc) is 2.91. The lowest BCUT2D eigenvalue weighted by Crippen LogP contribution is -2.40. The number of rotatable bonds is 6. The van der Waals surface area contributed by atoms with E-state index in [4.69, 9.17) is 0 Å². The van der Waals surface area contributed by atoms with Crippen LogP contribution in [-0.2, 0) is 6.54 Å². The zero-order valence-electron chi connectivity index (χ0n) is 13.1. The van der Waals surface area contributed by atoms with E-state index in [0.717, 1.165) is 29.8 Å². The van der Waals surface area contributed by atoms with Gasteiger partial charge in [-0.25, -0.2) is 0 Å². The van der Waals surface area contributed by atoms with E-state index in [1.54, 1.807) is 0 Å². The van der Waals surface area contributed by atoms with Crippen molar-refractivity contribution in [2.75, 3.05) is 6.61 Å². The summed E-state index contributed by atoms with van der Waals surface area (Å²) in [5.41, 5.74) is 3.45. The first-order chi connectivity index (χ1) is 10.0. The fourth-order valence-corrected chi connectivity index (χ4v) is 2.50. The van der Waals surface area contributed by atoms with Gasteiger partial charge in [-0.05, 0) is 17.4 Å². The van der Waals surface area contributed by atoms with Gasteiger partial charge in [0.2, 0.25) is 0 Å². The van der Waals surface area contributed by atoms with Crippen LogP contribution in [0.25, 0.3) is 11.3 Å². The van der Waals surface area contributed by atoms with Crippen molar-refractivity contribution < 1.29 is 5.11 Å². The maximum Gasteiger partial charge on any atom is 0.0695 e. The largest absolute Gasteiger partial charge is 0.396 e. The number of aromatic amines is 1. The van der Waals surface area contributed by atoms with Gasteiger partial charge in [0.25, 0.3) is 0 Å². The van der Waals surface area contributed by atoms with Crippen LogP contribution in [0, 0.1) is 5.41 Å². The van der Waals surface area contributed by atoms with Crippen molar-refractivity contribution in [1.82, 2.24) is 15.5 Å². The fraction of sp³-hybridized carbons (Fsp3) is 0.471. The summed E-state index contributed by atoms with van der Waals surface area (Å²) in [7, 11) is 0. The van der Waals surface area contributed by atoms with Crippen LogP contribution in [0.5, 0.6) is 0 Å². The van der Waals surface area contributed by atoms with Crippen LogP contribution in [0.4, 0.5) is 0 Å². The van der Waals surface area contributed by atoms with Crippen molar-refractivity contribution in [3.63, 3.8) is 0 Å². The molecule has 1 unspecified atom stereocenters. The molecule has 0 aliphatic heterocycles. The highest BCUT2D eigenvalue weighted by molar-refractivity contribution is 5.62. The van der Waals surface area contributed by atoms with Crippen LogP contribution in [0.1, 0.15) is 32.8 Å². The van der Waals surface area contributed by atoms with Crippen molar-refractivity contribution in [1.29, 1.82) is 0 Å². The van der Waals surface area contributed by atoms with Crippen molar-refractivity contribution in [2.24, 2.45) is 5.41 Å². The zero-order chi connectivity index (χ0) is 15.3. The molecule has 0 aliphatic rings. The highest BCUT2D eigenvalue weighted by atomic mass is 16.3. The van der Waals surface area contributed by atoms with Crippen LogP contribution < -0.4 is 5.32 Å². The van der Waals surface area contributed by atoms with Gasteiger partial charge in [-0.15, -0.1) is 0 Å². The second-order valence-corrected chi connectivity index (χ2v) is 6.45. The summed E-state index contributed by atoms with van der Waals surface area (Å²) < 4.78 is 0. The molecule has 2 aromatic rings. The van der Waals surface area contributed by atoms with E-state index in [2.05, 4.69) is 48.4 Å². The molecule has 1 atom stereocenters. The average molecular weight is 287 g/mol. The van der Waals surface area contributed by atoms with Gasteiger partial charge in [-0.2, -0.15) is 5.10 Å². The molecular formula is C17H25N3O. The summed E-state index contributed by atoms with van der Waals surface area (Å²) in [4.78, 5) is 0. The predicted molar refractivity (Wildman–Crippen MR) is 85.8 cm³/mol. The lowest BCUT2D eigenvalue weighted by molar-refractivity contribution is 0.196. The molecule has 4 nitrogen and oxygen atoms in total. The first-order valence-electron chi connectivity index (χ1n) is 7.44. The van der Waals surface area contributed by atoms with E-state index in [0.29, 0.717) is 0 Å². The maximum absolute atomic E-state index is 9.23. The minimum Gasteiger partial charge on any atom is -0.396 e. The van der Waals surface area contributed by atoms with Crippen LogP contribution in [0.15, 0.2) is 36.5 Å². The van der Waals surface area contributed by atoms with Gasteiger partial charge in [0.15, 0.2) is 0 Å². The fourth-order valence-electron chi connectivity index (χ4n) is 2.50. The van der Waals surface area contributed by atoms with Gasteiger partial charge in [0.1, 0.15) is 0 Å². The molecule has 1 heterocycles. The molecule has 114 valence electrons. The molecule has 0 saturated heterocycles. The number of aliphatic hydroxyl groups is 1. The lowest BCUT2D eigenvalue weighted by Gasteiger charge is -2.31. The van der Waals surface area contributed by atoms with Gasteiger partial charge < -0.3 is 10.4 Å². The number of hydrogen-bond donors (Lipinski definition) is 3. The normalized spacial score (nSPS) is 13.3. The lowest BCUT2D eigenvalue weighted by atomic mass is 9.85. The summed E-state index contributed by atoms with van der Waals surface area (Å²) in [6, 6.07) is 10.5. The maximum atomic E-state index is 9.23. The van der Waals surface area contributed by atoms with Crippen molar-refractivity contribution in [3.8, 4) is 11.3 Å². The minimum atomic E-state index is 0.110. The van der Waals surface area contributed by atoms with Gasteiger partial charge in [-0.3, -0.25) is 5.10 Å². The molecule has 0 saturated carbocycles. The van der Waals surface area contributed by atoms with E-state index in [1.165, 1.54) is 0 Å². The Hall–Kier alpha value is -1.65. The molecule has 0 amide bonds. The third-order valence-electron chi connectivity index (χ3n) is 3.78. The molecule has 4 heteroatoms. The molecule has 0 aliphatic carbocycles. The molecule has 0 spiro atoms. The number of nitrogens with one attached hydrogen (secondary N) is 2. The van der Waals surface area contributed by atoms with E-state index >= 15 is 0 Å². The van der Waals surface area contributed by atoms with Crippen LogP contribution in [0.3, 0.4) is 0 Å². The third-order valence-corrected chi connectivity index (χ3v) is 3.78. The Morgan fingerprint density at radius 3 is 2.57 bits per heavy atom. The molecule has 21 heavy (non-hydrogen) atoms. The van der Waals surface area contributed by atoms with Gasteiger partial charge in [0.05, 0.1) is 11.9 Å². The quantitative estimate of drug-likeness (QED) is 0.765. The highest BCUT2D eigenvalue weighted by Gasteiger charge is 2.23. The number of hydrogen-bond acceptors (Lipinski definition) is 3. The van der Waals surface area contributed by atoms with Crippen LogP contribution in [0.2, 0.25) is 0 Å². The minimum absolute atomic E-state index is 0.110. The van der Waals surface area contributed by atoms with E-state index < -0.39 is 0 Å². The Morgan fingerprint density at radius 1 is 1.24 bits per heavy atom. The van der Waals surface area contributed by atoms with Crippen LogP contribution in [-0.4, -0.2) is 28.0 Å². The summed E-state index contributed by atoms with van der Waals surface area (Å²) in [5.74, 6) is 0.